The maximum absolute atomic E-state index is 5.53. The molecule has 78 valence electrons. The van der Waals surface area contributed by atoms with Crippen LogP contribution in [0.5, 0.6) is 0 Å². The van der Waals surface area contributed by atoms with Crippen molar-refractivity contribution in [1.82, 2.24) is 0 Å². The third-order valence-corrected chi connectivity index (χ3v) is 3.15. The Morgan fingerprint density at radius 3 is 2.53 bits per heavy atom. The molecule has 2 N–H and O–H groups in total. The van der Waals surface area contributed by atoms with Crippen LogP contribution < -0.4 is 5.73 Å². The summed E-state index contributed by atoms with van der Waals surface area (Å²) in [7, 11) is 0. The van der Waals surface area contributed by atoms with Gasteiger partial charge in [0.25, 0.3) is 0 Å². The van der Waals surface area contributed by atoms with E-state index in [1.54, 1.807) is 18.0 Å². The number of thioether (sulfide) groups is 1. The van der Waals surface area contributed by atoms with Crippen molar-refractivity contribution < 1.29 is 4.42 Å². The smallest absolute Gasteiger partial charge is 0.113 e. The second-order valence-corrected chi connectivity index (χ2v) is 4.26. The van der Waals surface area contributed by atoms with Crippen LogP contribution in [0.15, 0.2) is 52.0 Å². The molecule has 2 aromatic rings. The summed E-state index contributed by atoms with van der Waals surface area (Å²) in [6.45, 7) is 0.600. The van der Waals surface area contributed by atoms with E-state index in [0.29, 0.717) is 6.54 Å². The van der Waals surface area contributed by atoms with Crippen LogP contribution in [-0.2, 0) is 12.3 Å². The monoisotopic (exact) mass is 219 g/mol. The van der Waals surface area contributed by atoms with Crippen molar-refractivity contribution in [1.29, 1.82) is 0 Å². The summed E-state index contributed by atoms with van der Waals surface area (Å²) in [6, 6.07) is 12.2. The summed E-state index contributed by atoms with van der Waals surface area (Å²) in [4.78, 5) is 1.24. The van der Waals surface area contributed by atoms with Crippen LogP contribution in [0.25, 0.3) is 0 Å². The lowest BCUT2D eigenvalue weighted by atomic mass is 10.2. The van der Waals surface area contributed by atoms with E-state index in [1.807, 2.05) is 12.1 Å². The summed E-state index contributed by atoms with van der Waals surface area (Å²) >= 11 is 1.76. The molecule has 0 amide bonds. The molecule has 0 aliphatic carbocycles. The number of benzene rings is 1. The molecule has 1 aromatic carbocycles. The van der Waals surface area contributed by atoms with E-state index >= 15 is 0 Å². The molecule has 0 atom stereocenters. The van der Waals surface area contributed by atoms with Crippen LogP contribution in [0.4, 0.5) is 0 Å². The minimum Gasteiger partial charge on any atom is -0.468 e. The van der Waals surface area contributed by atoms with Crippen LogP contribution in [0.2, 0.25) is 0 Å². The molecule has 1 heterocycles. The minimum absolute atomic E-state index is 0.600. The van der Waals surface area contributed by atoms with Gasteiger partial charge in [-0.2, -0.15) is 0 Å². The molecular weight excluding hydrogens is 206 g/mol. The van der Waals surface area contributed by atoms with Gasteiger partial charge in [-0.25, -0.2) is 0 Å². The fourth-order valence-electron chi connectivity index (χ4n) is 1.27. The maximum atomic E-state index is 5.53. The Morgan fingerprint density at radius 2 is 1.93 bits per heavy atom. The molecule has 1 aromatic heterocycles. The zero-order chi connectivity index (χ0) is 10.5. The Morgan fingerprint density at radius 1 is 1.13 bits per heavy atom. The third kappa shape index (κ3) is 2.88. The minimum atomic E-state index is 0.600. The van der Waals surface area contributed by atoms with Crippen LogP contribution >= 0.6 is 11.8 Å². The molecule has 3 heteroatoms. The van der Waals surface area contributed by atoms with E-state index in [1.165, 1.54) is 4.90 Å². The molecule has 0 saturated heterocycles. The maximum Gasteiger partial charge on any atom is 0.113 e. The highest BCUT2D eigenvalue weighted by Gasteiger charge is 1.98. The average Bonchev–Trinajstić information content (AvgIpc) is 2.80. The molecule has 0 spiro atoms. The molecule has 0 fully saturated rings. The fraction of sp³-hybridized carbons (Fsp3) is 0.167. The van der Waals surface area contributed by atoms with E-state index in [4.69, 9.17) is 10.2 Å². The van der Waals surface area contributed by atoms with Gasteiger partial charge in [0, 0.05) is 11.4 Å². The molecule has 0 radical (unpaired) electrons. The lowest BCUT2D eigenvalue weighted by molar-refractivity contribution is 0.530. The zero-order valence-electron chi connectivity index (χ0n) is 8.35. The van der Waals surface area contributed by atoms with Gasteiger partial charge in [-0.15, -0.1) is 11.8 Å². The normalized spacial score (nSPS) is 10.5. The van der Waals surface area contributed by atoms with Crippen molar-refractivity contribution in [2.45, 2.75) is 17.2 Å². The number of hydrogen-bond donors (Lipinski definition) is 1. The van der Waals surface area contributed by atoms with Gasteiger partial charge in [0.1, 0.15) is 5.76 Å². The number of nitrogens with two attached hydrogens (primary N) is 1. The predicted octanol–water partition coefficient (Wildman–Crippen LogP) is 3.03. The van der Waals surface area contributed by atoms with Gasteiger partial charge >= 0.3 is 0 Å². The molecule has 2 nitrogen and oxygen atoms in total. The lowest BCUT2D eigenvalue weighted by Crippen LogP contribution is -1.94. The van der Waals surface area contributed by atoms with Crippen molar-refractivity contribution in [3.63, 3.8) is 0 Å². The number of hydrogen-bond acceptors (Lipinski definition) is 3. The van der Waals surface area contributed by atoms with Gasteiger partial charge in [-0.1, -0.05) is 12.1 Å². The third-order valence-electron chi connectivity index (χ3n) is 2.12. The Kier molecular flexibility index (Phi) is 3.48. The van der Waals surface area contributed by atoms with Crippen molar-refractivity contribution >= 4 is 11.8 Å². The highest BCUT2D eigenvalue weighted by atomic mass is 32.2. The average molecular weight is 219 g/mol. The summed E-state index contributed by atoms with van der Waals surface area (Å²) in [5, 5.41) is 0. The van der Waals surface area contributed by atoms with Crippen molar-refractivity contribution in [3.05, 3.63) is 54.0 Å². The largest absolute Gasteiger partial charge is 0.468 e. The van der Waals surface area contributed by atoms with Crippen molar-refractivity contribution in [2.24, 2.45) is 5.73 Å². The van der Waals surface area contributed by atoms with Crippen LogP contribution in [-0.4, -0.2) is 0 Å². The number of rotatable bonds is 4. The topological polar surface area (TPSA) is 39.2 Å². The van der Waals surface area contributed by atoms with Crippen LogP contribution in [0.3, 0.4) is 0 Å². The molecule has 0 unspecified atom stereocenters. The molecular formula is C12H13NOS. The Hall–Kier alpha value is -1.19. The molecule has 2 rings (SSSR count). The molecule has 0 aliphatic rings. The lowest BCUT2D eigenvalue weighted by Gasteiger charge is -2.01. The first-order valence-electron chi connectivity index (χ1n) is 4.82. The SMILES string of the molecule is NCc1ccc(SCc2ccco2)cc1. The van der Waals surface area contributed by atoms with E-state index in [9.17, 15) is 0 Å². The highest BCUT2D eigenvalue weighted by molar-refractivity contribution is 7.98. The van der Waals surface area contributed by atoms with Gasteiger partial charge in [-0.3, -0.25) is 0 Å². The zero-order valence-corrected chi connectivity index (χ0v) is 9.17. The van der Waals surface area contributed by atoms with Gasteiger partial charge in [0.2, 0.25) is 0 Å². The number of furan rings is 1. The molecule has 0 bridgehead atoms. The van der Waals surface area contributed by atoms with Crippen LogP contribution in [0, 0.1) is 0 Å². The van der Waals surface area contributed by atoms with E-state index in [2.05, 4.69) is 24.3 Å². The molecule has 15 heavy (non-hydrogen) atoms. The first-order chi connectivity index (χ1) is 7.38. The summed E-state index contributed by atoms with van der Waals surface area (Å²) in [6.07, 6.45) is 1.70. The van der Waals surface area contributed by atoms with Gasteiger partial charge in [0.15, 0.2) is 0 Å². The first kappa shape index (κ1) is 10.3. The fourth-order valence-corrected chi connectivity index (χ4v) is 2.07. The Labute approximate surface area is 93.5 Å². The first-order valence-corrected chi connectivity index (χ1v) is 5.81. The second kappa shape index (κ2) is 5.05. The van der Waals surface area contributed by atoms with Gasteiger partial charge < -0.3 is 10.2 Å². The van der Waals surface area contributed by atoms with E-state index in [-0.39, 0.29) is 0 Å². The van der Waals surface area contributed by atoms with E-state index < -0.39 is 0 Å². The highest BCUT2D eigenvalue weighted by Crippen LogP contribution is 2.22. The molecule has 0 saturated carbocycles. The molecule has 0 aliphatic heterocycles. The summed E-state index contributed by atoms with van der Waals surface area (Å²) in [5.74, 6) is 1.87. The second-order valence-electron chi connectivity index (χ2n) is 3.22. The standard InChI is InChI=1S/C12H13NOS/c13-8-10-3-5-12(6-4-10)15-9-11-2-1-7-14-11/h1-7H,8-9,13H2. The quantitative estimate of drug-likeness (QED) is 0.803. The summed E-state index contributed by atoms with van der Waals surface area (Å²) in [5.41, 5.74) is 6.69. The van der Waals surface area contributed by atoms with Crippen LogP contribution in [0.1, 0.15) is 11.3 Å². The van der Waals surface area contributed by atoms with E-state index in [0.717, 1.165) is 17.1 Å². The van der Waals surface area contributed by atoms with Crippen molar-refractivity contribution in [2.75, 3.05) is 0 Å². The Balaban J connectivity index is 1.93. The summed E-state index contributed by atoms with van der Waals surface area (Å²) < 4.78 is 5.26. The van der Waals surface area contributed by atoms with Gasteiger partial charge in [0.05, 0.1) is 12.0 Å². The van der Waals surface area contributed by atoms with Crippen molar-refractivity contribution in [3.8, 4) is 0 Å². The Bertz CT molecular complexity index is 394. The van der Waals surface area contributed by atoms with Gasteiger partial charge in [-0.05, 0) is 29.8 Å². The predicted molar refractivity (Wildman–Crippen MR) is 62.6 cm³/mol.